The molecule has 6 heavy (non-hydrogen) atoms. The first kappa shape index (κ1) is 3.03. The minimum Gasteiger partial charge on any atom is -0.310 e. The van der Waals surface area contributed by atoms with E-state index >= 15 is 0 Å². The molecule has 2 bridgehead atoms. The molecule has 2 heterocycles. The zero-order valence-electron chi connectivity index (χ0n) is 3.94. The van der Waals surface area contributed by atoms with Crippen molar-refractivity contribution in [2.24, 2.45) is 5.92 Å². The average Bonchev–Trinajstić information content (AvgIpc) is 1.28. The SMILES string of the molecule is CC1C2CC1N2. The first-order chi connectivity index (χ1) is 2.88. The van der Waals surface area contributed by atoms with Gasteiger partial charge in [-0.05, 0) is 12.3 Å². The third kappa shape index (κ3) is 0.136. The van der Waals surface area contributed by atoms with Crippen LogP contribution in [-0.2, 0) is 0 Å². The second-order valence-electron chi connectivity index (χ2n) is 2.47. The Kier molecular flexibility index (Phi) is 0.327. The Morgan fingerprint density at radius 3 is 1.83 bits per heavy atom. The minimum atomic E-state index is 0.926. The molecule has 2 atom stereocenters. The van der Waals surface area contributed by atoms with E-state index in [0.29, 0.717) is 0 Å². The molecule has 34 valence electrons. The summed E-state index contributed by atoms with van der Waals surface area (Å²) in [6.45, 7) is 2.31. The van der Waals surface area contributed by atoms with Gasteiger partial charge in [0.2, 0.25) is 0 Å². The van der Waals surface area contributed by atoms with Gasteiger partial charge in [-0.15, -0.1) is 0 Å². The monoisotopic (exact) mass is 83.1 g/mol. The molecule has 1 aliphatic carbocycles. The summed E-state index contributed by atoms with van der Waals surface area (Å²) in [5.41, 5.74) is 0. The lowest BCUT2D eigenvalue weighted by atomic mass is 9.66. The van der Waals surface area contributed by atoms with Crippen LogP contribution in [0.4, 0.5) is 0 Å². The molecule has 1 nitrogen and oxygen atoms in total. The smallest absolute Gasteiger partial charge is 0.0125 e. The molecule has 1 N–H and O–H groups in total. The quantitative estimate of drug-likeness (QED) is 0.446. The van der Waals surface area contributed by atoms with Crippen molar-refractivity contribution in [1.82, 2.24) is 5.32 Å². The van der Waals surface area contributed by atoms with Gasteiger partial charge in [-0.25, -0.2) is 0 Å². The summed E-state index contributed by atoms with van der Waals surface area (Å²) in [6.07, 6.45) is 1.46. The molecule has 2 saturated heterocycles. The van der Waals surface area contributed by atoms with Gasteiger partial charge in [-0.3, -0.25) is 0 Å². The standard InChI is InChI=1S/C5H9N/c1-3-4-2-5(3)6-4/h3-6H,2H2,1H3. The van der Waals surface area contributed by atoms with Crippen LogP contribution in [0.15, 0.2) is 0 Å². The summed E-state index contributed by atoms with van der Waals surface area (Å²) in [7, 11) is 0. The second kappa shape index (κ2) is 0.648. The maximum absolute atomic E-state index is 3.36. The Morgan fingerprint density at radius 1 is 1.50 bits per heavy atom. The topological polar surface area (TPSA) is 12.0 Å². The Bertz CT molecular complexity index is 66.0. The second-order valence-corrected chi connectivity index (χ2v) is 2.47. The van der Waals surface area contributed by atoms with E-state index in [1.54, 1.807) is 0 Å². The Morgan fingerprint density at radius 2 is 1.83 bits per heavy atom. The van der Waals surface area contributed by atoms with E-state index in [4.69, 9.17) is 0 Å². The molecule has 0 aromatic carbocycles. The van der Waals surface area contributed by atoms with Crippen molar-refractivity contribution in [1.29, 1.82) is 0 Å². The van der Waals surface area contributed by atoms with Crippen molar-refractivity contribution in [3.8, 4) is 0 Å². The highest BCUT2D eigenvalue weighted by atomic mass is 15.1. The zero-order chi connectivity index (χ0) is 4.15. The van der Waals surface area contributed by atoms with Crippen LogP contribution in [0.2, 0.25) is 0 Å². The van der Waals surface area contributed by atoms with Crippen LogP contribution in [0.1, 0.15) is 13.3 Å². The normalized spacial score (nSPS) is 62.5. The Labute approximate surface area is 37.7 Å². The molecule has 2 unspecified atom stereocenters. The van der Waals surface area contributed by atoms with Gasteiger partial charge in [-0.1, -0.05) is 6.92 Å². The van der Waals surface area contributed by atoms with Gasteiger partial charge >= 0.3 is 0 Å². The van der Waals surface area contributed by atoms with Gasteiger partial charge in [-0.2, -0.15) is 0 Å². The molecule has 3 rings (SSSR count). The van der Waals surface area contributed by atoms with Gasteiger partial charge in [0.15, 0.2) is 0 Å². The predicted molar refractivity (Wildman–Crippen MR) is 24.5 cm³/mol. The van der Waals surface area contributed by atoms with Gasteiger partial charge in [0, 0.05) is 12.1 Å². The van der Waals surface area contributed by atoms with E-state index in [1.165, 1.54) is 6.42 Å². The zero-order valence-corrected chi connectivity index (χ0v) is 3.94. The fourth-order valence-electron chi connectivity index (χ4n) is 1.22. The molecular weight excluding hydrogens is 74.1 g/mol. The summed E-state index contributed by atoms with van der Waals surface area (Å²) in [6, 6.07) is 1.85. The average molecular weight is 83.1 g/mol. The fraction of sp³-hybridized carbons (Fsp3) is 1.00. The van der Waals surface area contributed by atoms with E-state index in [2.05, 4.69) is 12.2 Å². The lowest BCUT2D eigenvalue weighted by Gasteiger charge is -2.57. The van der Waals surface area contributed by atoms with Crippen LogP contribution < -0.4 is 5.32 Å². The number of hydrogen-bond donors (Lipinski definition) is 1. The highest BCUT2D eigenvalue weighted by molar-refractivity contribution is 5.08. The van der Waals surface area contributed by atoms with Gasteiger partial charge < -0.3 is 5.32 Å². The minimum absolute atomic E-state index is 0.926. The Hall–Kier alpha value is -0.0400. The summed E-state index contributed by atoms with van der Waals surface area (Å²) in [5.74, 6) is 1.02. The molecule has 0 aromatic heterocycles. The van der Waals surface area contributed by atoms with Crippen LogP contribution in [-0.4, -0.2) is 12.1 Å². The Balaban J connectivity index is 2.11. The van der Waals surface area contributed by atoms with Gasteiger partial charge in [0.1, 0.15) is 0 Å². The molecule has 0 radical (unpaired) electrons. The molecule has 0 aromatic rings. The van der Waals surface area contributed by atoms with Crippen LogP contribution in [0.3, 0.4) is 0 Å². The van der Waals surface area contributed by atoms with Crippen molar-refractivity contribution < 1.29 is 0 Å². The van der Waals surface area contributed by atoms with Crippen LogP contribution in [0.25, 0.3) is 0 Å². The maximum atomic E-state index is 3.36. The summed E-state index contributed by atoms with van der Waals surface area (Å²) in [4.78, 5) is 0. The fourth-order valence-corrected chi connectivity index (χ4v) is 1.22. The lowest BCUT2D eigenvalue weighted by Crippen LogP contribution is -2.73. The molecular formula is C5H9N. The molecule has 1 heteroatoms. The largest absolute Gasteiger partial charge is 0.310 e. The summed E-state index contributed by atoms with van der Waals surface area (Å²) >= 11 is 0. The number of hydrogen-bond acceptors (Lipinski definition) is 1. The van der Waals surface area contributed by atoms with Crippen molar-refractivity contribution >= 4 is 0 Å². The highest BCUT2D eigenvalue weighted by Gasteiger charge is 2.48. The first-order valence-electron chi connectivity index (χ1n) is 2.64. The molecule has 0 spiro atoms. The molecule has 3 fully saturated rings. The van der Waals surface area contributed by atoms with Crippen LogP contribution in [0.5, 0.6) is 0 Å². The van der Waals surface area contributed by atoms with E-state index in [9.17, 15) is 0 Å². The molecule has 1 saturated carbocycles. The van der Waals surface area contributed by atoms with Crippen molar-refractivity contribution in [3.05, 3.63) is 0 Å². The third-order valence-electron chi connectivity index (χ3n) is 2.21. The maximum Gasteiger partial charge on any atom is 0.0125 e. The van der Waals surface area contributed by atoms with E-state index in [-0.39, 0.29) is 0 Å². The van der Waals surface area contributed by atoms with Crippen molar-refractivity contribution in [2.45, 2.75) is 25.4 Å². The number of nitrogens with one attached hydrogen (secondary N) is 1. The highest BCUT2D eigenvalue weighted by Crippen LogP contribution is 2.38. The van der Waals surface area contributed by atoms with Crippen molar-refractivity contribution in [3.63, 3.8) is 0 Å². The molecule has 0 amide bonds. The van der Waals surface area contributed by atoms with Crippen LogP contribution in [0, 0.1) is 5.92 Å². The summed E-state index contributed by atoms with van der Waals surface area (Å²) < 4.78 is 0. The van der Waals surface area contributed by atoms with Gasteiger partial charge in [0.25, 0.3) is 0 Å². The van der Waals surface area contributed by atoms with E-state index in [0.717, 1.165) is 18.0 Å². The summed E-state index contributed by atoms with van der Waals surface area (Å²) in [5, 5.41) is 3.36. The predicted octanol–water partition coefficient (Wildman–Crippen LogP) is 0.367. The van der Waals surface area contributed by atoms with Crippen molar-refractivity contribution in [2.75, 3.05) is 0 Å². The molecule has 3 aliphatic rings. The lowest BCUT2D eigenvalue weighted by molar-refractivity contribution is 0.0137. The van der Waals surface area contributed by atoms with E-state index < -0.39 is 0 Å². The van der Waals surface area contributed by atoms with Gasteiger partial charge in [0.05, 0.1) is 0 Å². The third-order valence-corrected chi connectivity index (χ3v) is 2.21. The van der Waals surface area contributed by atoms with E-state index in [1.807, 2.05) is 0 Å². The first-order valence-corrected chi connectivity index (χ1v) is 2.64. The number of rotatable bonds is 0. The molecule has 2 aliphatic heterocycles. The van der Waals surface area contributed by atoms with Crippen LogP contribution >= 0.6 is 0 Å².